The van der Waals surface area contributed by atoms with Gasteiger partial charge < -0.3 is 9.80 Å². The van der Waals surface area contributed by atoms with E-state index in [1.165, 1.54) is 12.1 Å². The first-order chi connectivity index (χ1) is 15.9. The molecule has 4 rings (SSSR count). The van der Waals surface area contributed by atoms with Crippen LogP contribution in [0.25, 0.3) is 11.3 Å². The summed E-state index contributed by atoms with van der Waals surface area (Å²) in [5.74, 6) is -0.211. The van der Waals surface area contributed by atoms with Gasteiger partial charge in [0, 0.05) is 49.6 Å². The van der Waals surface area contributed by atoms with Crippen molar-refractivity contribution in [2.75, 3.05) is 25.0 Å². The molecule has 2 amide bonds. The van der Waals surface area contributed by atoms with Crippen molar-refractivity contribution in [1.82, 2.24) is 15.1 Å². The molecule has 0 saturated carbocycles. The average molecular weight is 449 g/mol. The molecule has 1 aliphatic rings. The van der Waals surface area contributed by atoms with Crippen molar-refractivity contribution in [2.24, 2.45) is 0 Å². The van der Waals surface area contributed by atoms with Crippen LogP contribution in [0.4, 0.5) is 10.1 Å². The molecule has 2 heterocycles. The molecular formula is C26H29FN4O2. The first kappa shape index (κ1) is 22.7. The standard InChI is InChI=1S/C26H29FN4O2/c1-18(32)31-15-13-20-16-21(9-12-25(20)31)26(33)30(2)14-5-3-4-6-23-17-24(29-28-23)19-7-10-22(27)11-8-19/h7-12,16-17H,3-6,13-15H2,1-2H3,(H,28,29). The zero-order valence-electron chi connectivity index (χ0n) is 19.1. The van der Waals surface area contributed by atoms with Gasteiger partial charge in [-0.1, -0.05) is 6.42 Å². The minimum absolute atomic E-state index is 0.0107. The summed E-state index contributed by atoms with van der Waals surface area (Å²) in [5.41, 5.74) is 5.41. The number of hydrogen-bond donors (Lipinski definition) is 1. The SMILES string of the molecule is CC(=O)N1CCc2cc(C(=O)N(C)CCCCCc3cc(-c4ccc(F)cc4)n[nH]3)ccc21. The summed E-state index contributed by atoms with van der Waals surface area (Å²) in [6.07, 6.45) is 4.58. The third-order valence-corrected chi connectivity index (χ3v) is 6.16. The van der Waals surface area contributed by atoms with Crippen molar-refractivity contribution in [3.05, 3.63) is 71.2 Å². The van der Waals surface area contributed by atoms with E-state index in [-0.39, 0.29) is 17.6 Å². The molecule has 0 radical (unpaired) electrons. The lowest BCUT2D eigenvalue weighted by Crippen LogP contribution is -2.28. The van der Waals surface area contributed by atoms with Crippen LogP contribution in [0.5, 0.6) is 0 Å². The maximum atomic E-state index is 13.1. The van der Waals surface area contributed by atoms with E-state index in [0.29, 0.717) is 18.7 Å². The first-order valence-electron chi connectivity index (χ1n) is 11.4. The van der Waals surface area contributed by atoms with Crippen LogP contribution >= 0.6 is 0 Å². The van der Waals surface area contributed by atoms with Gasteiger partial charge in [0.05, 0.1) is 5.69 Å². The molecule has 0 fully saturated rings. The van der Waals surface area contributed by atoms with Crippen molar-refractivity contribution in [3.63, 3.8) is 0 Å². The van der Waals surface area contributed by atoms with E-state index in [1.54, 1.807) is 28.9 Å². The van der Waals surface area contributed by atoms with E-state index in [1.807, 2.05) is 31.3 Å². The number of fused-ring (bicyclic) bond motifs is 1. The van der Waals surface area contributed by atoms with E-state index in [0.717, 1.165) is 60.3 Å². The van der Waals surface area contributed by atoms with Gasteiger partial charge in [-0.15, -0.1) is 0 Å². The summed E-state index contributed by atoms with van der Waals surface area (Å²) in [5, 5.41) is 7.37. The summed E-state index contributed by atoms with van der Waals surface area (Å²) < 4.78 is 13.1. The van der Waals surface area contributed by atoms with Gasteiger partial charge in [-0.25, -0.2) is 4.39 Å². The Labute approximate surface area is 193 Å². The second-order valence-electron chi connectivity index (χ2n) is 8.59. The Morgan fingerprint density at radius 1 is 1.09 bits per heavy atom. The monoisotopic (exact) mass is 448 g/mol. The number of rotatable bonds is 8. The number of nitrogens with one attached hydrogen (secondary N) is 1. The van der Waals surface area contributed by atoms with Crippen LogP contribution in [0.2, 0.25) is 0 Å². The van der Waals surface area contributed by atoms with Crippen LogP contribution in [0.15, 0.2) is 48.5 Å². The van der Waals surface area contributed by atoms with E-state index >= 15 is 0 Å². The van der Waals surface area contributed by atoms with Gasteiger partial charge in [0.2, 0.25) is 5.91 Å². The maximum absolute atomic E-state index is 13.1. The molecule has 0 unspecified atom stereocenters. The van der Waals surface area contributed by atoms with Crippen LogP contribution < -0.4 is 4.90 Å². The molecule has 172 valence electrons. The fraction of sp³-hybridized carbons (Fsp3) is 0.346. The largest absolute Gasteiger partial charge is 0.342 e. The van der Waals surface area contributed by atoms with Crippen LogP contribution in [-0.2, 0) is 17.6 Å². The van der Waals surface area contributed by atoms with Gasteiger partial charge in [-0.2, -0.15) is 5.10 Å². The summed E-state index contributed by atoms with van der Waals surface area (Å²) in [6, 6.07) is 13.9. The number of aryl methyl sites for hydroxylation is 1. The number of benzene rings is 2. The predicted molar refractivity (Wildman–Crippen MR) is 127 cm³/mol. The van der Waals surface area contributed by atoms with Gasteiger partial charge >= 0.3 is 0 Å². The highest BCUT2D eigenvalue weighted by Crippen LogP contribution is 2.29. The number of nitrogens with zero attached hydrogens (tertiary/aromatic N) is 3. The highest BCUT2D eigenvalue weighted by atomic mass is 19.1. The molecule has 1 aromatic heterocycles. The number of aromatic nitrogens is 2. The van der Waals surface area contributed by atoms with Crippen LogP contribution in [-0.4, -0.2) is 47.0 Å². The third-order valence-electron chi connectivity index (χ3n) is 6.16. The average Bonchev–Trinajstić information content (AvgIpc) is 3.45. The minimum Gasteiger partial charge on any atom is -0.342 e. The van der Waals surface area contributed by atoms with E-state index in [9.17, 15) is 14.0 Å². The fourth-order valence-corrected chi connectivity index (χ4v) is 4.28. The van der Waals surface area contributed by atoms with Gasteiger partial charge in [-0.05, 0) is 79.8 Å². The lowest BCUT2D eigenvalue weighted by Gasteiger charge is -2.18. The molecule has 0 saturated heterocycles. The van der Waals surface area contributed by atoms with E-state index in [4.69, 9.17) is 0 Å². The third kappa shape index (κ3) is 5.30. The highest BCUT2D eigenvalue weighted by molar-refractivity contribution is 5.97. The number of aromatic amines is 1. The molecule has 0 aliphatic carbocycles. The zero-order valence-corrected chi connectivity index (χ0v) is 19.1. The Morgan fingerprint density at radius 2 is 1.88 bits per heavy atom. The Kier molecular flexibility index (Phi) is 6.87. The summed E-state index contributed by atoms with van der Waals surface area (Å²) in [4.78, 5) is 28.0. The summed E-state index contributed by atoms with van der Waals surface area (Å²) in [6.45, 7) is 2.94. The number of carbonyl (C=O) groups excluding carboxylic acids is 2. The molecular weight excluding hydrogens is 419 g/mol. The van der Waals surface area contributed by atoms with Crippen LogP contribution in [0, 0.1) is 5.82 Å². The summed E-state index contributed by atoms with van der Waals surface area (Å²) >= 11 is 0. The first-order valence-corrected chi connectivity index (χ1v) is 11.4. The quantitative estimate of drug-likeness (QED) is 0.512. The number of H-pyrrole nitrogens is 1. The Morgan fingerprint density at radius 3 is 2.64 bits per heavy atom. The van der Waals surface area contributed by atoms with Gasteiger partial charge in [-0.3, -0.25) is 14.7 Å². The smallest absolute Gasteiger partial charge is 0.253 e. The minimum atomic E-state index is -0.256. The number of halogens is 1. The second-order valence-corrected chi connectivity index (χ2v) is 8.59. The number of hydrogen-bond acceptors (Lipinski definition) is 3. The normalized spacial score (nSPS) is 12.6. The highest BCUT2D eigenvalue weighted by Gasteiger charge is 2.23. The van der Waals surface area contributed by atoms with Gasteiger partial charge in [0.1, 0.15) is 5.82 Å². The number of carbonyl (C=O) groups is 2. The lowest BCUT2D eigenvalue weighted by molar-refractivity contribution is -0.116. The van der Waals surface area contributed by atoms with Gasteiger partial charge in [0.15, 0.2) is 0 Å². The molecule has 6 nitrogen and oxygen atoms in total. The number of unbranched alkanes of at least 4 members (excludes halogenated alkanes) is 2. The predicted octanol–water partition coefficient (Wildman–Crippen LogP) is 4.61. The van der Waals surface area contributed by atoms with Crippen molar-refractivity contribution >= 4 is 17.5 Å². The molecule has 2 aromatic carbocycles. The molecule has 33 heavy (non-hydrogen) atoms. The molecule has 1 aliphatic heterocycles. The van der Waals surface area contributed by atoms with Crippen molar-refractivity contribution in [1.29, 1.82) is 0 Å². The Bertz CT molecular complexity index is 1140. The fourth-order valence-electron chi connectivity index (χ4n) is 4.28. The molecule has 1 N–H and O–H groups in total. The lowest BCUT2D eigenvalue weighted by atomic mass is 10.1. The van der Waals surface area contributed by atoms with Crippen LogP contribution in [0.1, 0.15) is 47.8 Å². The molecule has 0 atom stereocenters. The second kappa shape index (κ2) is 9.98. The maximum Gasteiger partial charge on any atom is 0.253 e. The van der Waals surface area contributed by atoms with E-state index < -0.39 is 0 Å². The summed E-state index contributed by atoms with van der Waals surface area (Å²) in [7, 11) is 1.83. The molecule has 7 heteroatoms. The molecule has 0 bridgehead atoms. The molecule has 3 aromatic rings. The van der Waals surface area contributed by atoms with E-state index in [2.05, 4.69) is 10.2 Å². The van der Waals surface area contributed by atoms with Crippen molar-refractivity contribution in [2.45, 2.75) is 39.0 Å². The number of anilines is 1. The molecule has 0 spiro atoms. The van der Waals surface area contributed by atoms with Gasteiger partial charge in [0.25, 0.3) is 5.91 Å². The zero-order chi connectivity index (χ0) is 23.4. The van der Waals surface area contributed by atoms with Crippen LogP contribution in [0.3, 0.4) is 0 Å². The number of amides is 2. The van der Waals surface area contributed by atoms with Crippen molar-refractivity contribution < 1.29 is 14.0 Å². The Hall–Kier alpha value is -3.48. The van der Waals surface area contributed by atoms with Crippen molar-refractivity contribution in [3.8, 4) is 11.3 Å². The topological polar surface area (TPSA) is 69.3 Å². The Balaban J connectivity index is 1.22.